The molecule has 2 N–H and O–H groups in total. The highest BCUT2D eigenvalue weighted by Gasteiger charge is 2.15. The average Bonchev–Trinajstić information content (AvgIpc) is 2.32. The van der Waals surface area contributed by atoms with Crippen LogP contribution in [0.3, 0.4) is 0 Å². The van der Waals surface area contributed by atoms with Crippen molar-refractivity contribution in [2.24, 2.45) is 5.73 Å². The van der Waals surface area contributed by atoms with Gasteiger partial charge in [0.25, 0.3) is 0 Å². The summed E-state index contributed by atoms with van der Waals surface area (Å²) in [5.41, 5.74) is 17.2. The lowest BCUT2D eigenvalue weighted by Crippen LogP contribution is -2.17. The molecule has 1 heteroatoms. The maximum absolute atomic E-state index is 6.55. The fourth-order valence-corrected chi connectivity index (χ4v) is 3.63. The van der Waals surface area contributed by atoms with Gasteiger partial charge in [0.15, 0.2) is 0 Å². The lowest BCUT2D eigenvalue weighted by molar-refractivity contribution is 0.704. The number of hydrogen-bond donors (Lipinski definition) is 1. The van der Waals surface area contributed by atoms with Crippen LogP contribution in [0.25, 0.3) is 0 Å². The number of aryl methyl sites for hydroxylation is 6. The number of benzene rings is 2. The number of nitrogens with two attached hydrogens (primary N) is 1. The molecule has 112 valence electrons. The summed E-state index contributed by atoms with van der Waals surface area (Å²) in [7, 11) is 0. The maximum Gasteiger partial charge on any atom is 0.0341 e. The first-order valence-electron chi connectivity index (χ1n) is 7.69. The molecule has 0 saturated heterocycles. The molecule has 0 fully saturated rings. The van der Waals surface area contributed by atoms with Gasteiger partial charge in [0.2, 0.25) is 0 Å². The first kappa shape index (κ1) is 15.8. The molecule has 2 rings (SSSR count). The van der Waals surface area contributed by atoms with Gasteiger partial charge in [-0.05, 0) is 81.3 Å². The Morgan fingerprint density at radius 2 is 1.10 bits per heavy atom. The van der Waals surface area contributed by atoms with Crippen molar-refractivity contribution >= 4 is 0 Å². The van der Waals surface area contributed by atoms with Crippen LogP contribution in [-0.4, -0.2) is 0 Å². The Kier molecular flexibility index (Phi) is 4.53. The lowest BCUT2D eigenvalue weighted by atomic mass is 9.88. The van der Waals surface area contributed by atoms with E-state index in [1.54, 1.807) is 0 Å². The smallest absolute Gasteiger partial charge is 0.0341 e. The molecule has 1 unspecified atom stereocenters. The zero-order chi connectivity index (χ0) is 15.7. The molecule has 0 aliphatic rings. The van der Waals surface area contributed by atoms with Crippen LogP contribution in [0.4, 0.5) is 0 Å². The van der Waals surface area contributed by atoms with Crippen molar-refractivity contribution in [1.82, 2.24) is 0 Å². The summed E-state index contributed by atoms with van der Waals surface area (Å²) in [6.45, 7) is 13.0. The van der Waals surface area contributed by atoms with Gasteiger partial charge in [-0.1, -0.05) is 35.4 Å². The third-order valence-electron chi connectivity index (χ3n) is 4.37. The summed E-state index contributed by atoms with van der Waals surface area (Å²) < 4.78 is 0. The number of hydrogen-bond acceptors (Lipinski definition) is 1. The second kappa shape index (κ2) is 6.03. The van der Waals surface area contributed by atoms with Gasteiger partial charge < -0.3 is 5.73 Å². The van der Waals surface area contributed by atoms with Crippen molar-refractivity contribution in [2.75, 3.05) is 0 Å². The van der Waals surface area contributed by atoms with Crippen LogP contribution in [0.2, 0.25) is 0 Å². The first-order chi connectivity index (χ1) is 9.79. The van der Waals surface area contributed by atoms with Crippen molar-refractivity contribution < 1.29 is 0 Å². The second-order valence-electron chi connectivity index (χ2n) is 6.50. The quantitative estimate of drug-likeness (QED) is 0.861. The molecule has 1 nitrogen and oxygen atoms in total. The predicted molar refractivity (Wildman–Crippen MR) is 91.9 cm³/mol. The van der Waals surface area contributed by atoms with Crippen molar-refractivity contribution in [1.29, 1.82) is 0 Å². The van der Waals surface area contributed by atoms with Gasteiger partial charge in [0.05, 0.1) is 0 Å². The topological polar surface area (TPSA) is 26.0 Å². The Labute approximate surface area is 129 Å². The second-order valence-corrected chi connectivity index (χ2v) is 6.50. The van der Waals surface area contributed by atoms with Crippen LogP contribution >= 0.6 is 0 Å². The van der Waals surface area contributed by atoms with E-state index in [0.29, 0.717) is 0 Å². The van der Waals surface area contributed by atoms with Gasteiger partial charge in [0.1, 0.15) is 0 Å². The molecule has 2 aromatic rings. The van der Waals surface area contributed by atoms with Crippen molar-refractivity contribution in [3.8, 4) is 0 Å². The molecule has 1 atom stereocenters. The summed E-state index contributed by atoms with van der Waals surface area (Å²) in [5.74, 6) is 0. The van der Waals surface area contributed by atoms with Gasteiger partial charge in [0, 0.05) is 6.04 Å². The third-order valence-corrected chi connectivity index (χ3v) is 4.37. The summed E-state index contributed by atoms with van der Waals surface area (Å²) in [5, 5.41) is 0. The normalized spacial score (nSPS) is 12.5. The minimum absolute atomic E-state index is 0.0608. The van der Waals surface area contributed by atoms with Crippen LogP contribution in [0.1, 0.15) is 50.5 Å². The molecular formula is C20H27N. The van der Waals surface area contributed by atoms with E-state index in [0.717, 1.165) is 6.42 Å². The van der Waals surface area contributed by atoms with Crippen LogP contribution < -0.4 is 5.73 Å². The predicted octanol–water partition coefficient (Wildman–Crippen LogP) is 4.78. The van der Waals surface area contributed by atoms with Crippen molar-refractivity contribution in [2.45, 2.75) is 54.0 Å². The van der Waals surface area contributed by atoms with E-state index in [1.165, 1.54) is 44.5 Å². The van der Waals surface area contributed by atoms with Crippen molar-refractivity contribution in [3.63, 3.8) is 0 Å². The minimum atomic E-state index is 0.0608. The highest BCUT2D eigenvalue weighted by Crippen LogP contribution is 2.27. The summed E-state index contributed by atoms with van der Waals surface area (Å²) in [6, 6.07) is 9.03. The van der Waals surface area contributed by atoms with Gasteiger partial charge in [-0.3, -0.25) is 0 Å². The molecule has 0 aliphatic carbocycles. The number of rotatable bonds is 3. The van der Waals surface area contributed by atoms with E-state index in [2.05, 4.69) is 65.8 Å². The Morgan fingerprint density at radius 3 is 1.52 bits per heavy atom. The van der Waals surface area contributed by atoms with E-state index in [9.17, 15) is 0 Å². The largest absolute Gasteiger partial charge is 0.324 e. The van der Waals surface area contributed by atoms with Crippen LogP contribution in [-0.2, 0) is 6.42 Å². The first-order valence-corrected chi connectivity index (χ1v) is 7.69. The summed E-state index contributed by atoms with van der Waals surface area (Å²) in [6.07, 6.45) is 0.905. The molecule has 0 aromatic heterocycles. The molecule has 0 radical (unpaired) electrons. The molecule has 0 bridgehead atoms. The standard InChI is InChI=1S/C20H27N/c1-12-7-14(3)18(15(4)8-12)11-19(21)20-16(5)9-13(2)10-17(20)6/h7-10,19H,11,21H2,1-6H3. The van der Waals surface area contributed by atoms with E-state index in [1.807, 2.05) is 0 Å². The van der Waals surface area contributed by atoms with Gasteiger partial charge in [-0.15, -0.1) is 0 Å². The minimum Gasteiger partial charge on any atom is -0.324 e. The Bertz CT molecular complexity index is 622. The highest BCUT2D eigenvalue weighted by atomic mass is 14.6. The molecule has 2 aromatic carbocycles. The Hall–Kier alpha value is -1.60. The van der Waals surface area contributed by atoms with E-state index in [-0.39, 0.29) is 6.04 Å². The lowest BCUT2D eigenvalue weighted by Gasteiger charge is -2.21. The zero-order valence-corrected chi connectivity index (χ0v) is 14.2. The maximum atomic E-state index is 6.55. The average molecular weight is 281 g/mol. The zero-order valence-electron chi connectivity index (χ0n) is 14.2. The molecule has 0 heterocycles. The fraction of sp³-hybridized carbons (Fsp3) is 0.400. The van der Waals surface area contributed by atoms with Crippen LogP contribution in [0.15, 0.2) is 24.3 Å². The van der Waals surface area contributed by atoms with E-state index >= 15 is 0 Å². The SMILES string of the molecule is Cc1cc(C)c(CC(N)c2c(C)cc(C)cc2C)c(C)c1. The van der Waals surface area contributed by atoms with Crippen LogP contribution in [0, 0.1) is 41.5 Å². The molecular weight excluding hydrogens is 254 g/mol. The van der Waals surface area contributed by atoms with E-state index < -0.39 is 0 Å². The van der Waals surface area contributed by atoms with E-state index in [4.69, 9.17) is 5.73 Å². The molecule has 0 saturated carbocycles. The molecule has 0 aliphatic heterocycles. The molecule has 21 heavy (non-hydrogen) atoms. The summed E-state index contributed by atoms with van der Waals surface area (Å²) in [4.78, 5) is 0. The highest BCUT2D eigenvalue weighted by molar-refractivity contribution is 5.43. The van der Waals surface area contributed by atoms with Crippen molar-refractivity contribution in [3.05, 3.63) is 68.8 Å². The Balaban J connectivity index is 2.37. The molecule has 0 spiro atoms. The van der Waals surface area contributed by atoms with Gasteiger partial charge >= 0.3 is 0 Å². The van der Waals surface area contributed by atoms with Gasteiger partial charge in [-0.25, -0.2) is 0 Å². The summed E-state index contributed by atoms with van der Waals surface area (Å²) >= 11 is 0. The van der Waals surface area contributed by atoms with Gasteiger partial charge in [-0.2, -0.15) is 0 Å². The fourth-order valence-electron chi connectivity index (χ4n) is 3.63. The monoisotopic (exact) mass is 281 g/mol. The third kappa shape index (κ3) is 3.36. The molecule has 0 amide bonds. The Morgan fingerprint density at radius 1 is 0.714 bits per heavy atom. The van der Waals surface area contributed by atoms with Crippen LogP contribution in [0.5, 0.6) is 0 Å².